The predicted molar refractivity (Wildman–Crippen MR) is 65.7 cm³/mol. The molecule has 2 rings (SSSR count). The van der Waals surface area contributed by atoms with Crippen molar-refractivity contribution in [2.24, 2.45) is 5.92 Å². The van der Waals surface area contributed by atoms with Gasteiger partial charge >= 0.3 is 5.97 Å². The highest BCUT2D eigenvalue weighted by atomic mass is 79.9. The number of hydrogen-bond donors (Lipinski definition) is 1. The van der Waals surface area contributed by atoms with Crippen molar-refractivity contribution in [3.05, 3.63) is 28.2 Å². The Kier molecular flexibility index (Phi) is 3.03. The van der Waals surface area contributed by atoms with Crippen molar-refractivity contribution in [1.29, 1.82) is 0 Å². The molecular weight excluding hydrogens is 308 g/mol. The lowest BCUT2D eigenvalue weighted by atomic mass is 9.89. The molecule has 0 bridgehead atoms. The fourth-order valence-electron chi connectivity index (χ4n) is 2.12. The largest absolute Gasteiger partial charge is 0.481 e. The molecule has 1 aliphatic heterocycles. The van der Waals surface area contributed by atoms with Crippen LogP contribution in [0.5, 0.6) is 0 Å². The van der Waals surface area contributed by atoms with Gasteiger partial charge in [0.05, 0.1) is 16.6 Å². The highest BCUT2D eigenvalue weighted by Gasteiger charge is 2.41. The standard InChI is InChI=1S/C11H11BrO4S/c1-6(11(13)14)7-5-17(15,16)9-4-2-3-8(12)10(7)9/h2-4,6-7H,5H2,1H3,(H,13,14). The van der Waals surface area contributed by atoms with Gasteiger partial charge in [0.2, 0.25) is 0 Å². The number of carboxylic acid groups (broad SMARTS) is 1. The van der Waals surface area contributed by atoms with Gasteiger partial charge < -0.3 is 5.11 Å². The monoisotopic (exact) mass is 318 g/mol. The van der Waals surface area contributed by atoms with Crippen molar-refractivity contribution in [2.45, 2.75) is 17.7 Å². The van der Waals surface area contributed by atoms with E-state index in [2.05, 4.69) is 15.9 Å². The topological polar surface area (TPSA) is 71.4 Å². The number of aliphatic carboxylic acids is 1. The number of carboxylic acids is 1. The van der Waals surface area contributed by atoms with Crippen molar-refractivity contribution in [1.82, 2.24) is 0 Å². The van der Waals surface area contributed by atoms with Crippen LogP contribution < -0.4 is 0 Å². The number of rotatable bonds is 2. The Morgan fingerprint density at radius 2 is 2.18 bits per heavy atom. The Labute approximate surface area is 108 Å². The average Bonchev–Trinajstić information content (AvgIpc) is 2.51. The second kappa shape index (κ2) is 4.10. The first-order valence-electron chi connectivity index (χ1n) is 5.08. The number of benzene rings is 1. The molecular formula is C11H11BrO4S. The van der Waals surface area contributed by atoms with Crippen LogP contribution in [0, 0.1) is 5.92 Å². The third-order valence-corrected chi connectivity index (χ3v) is 5.63. The number of halogens is 1. The van der Waals surface area contributed by atoms with Crippen LogP contribution in [0.25, 0.3) is 0 Å². The first-order chi connectivity index (χ1) is 7.84. The lowest BCUT2D eigenvalue weighted by Gasteiger charge is -2.15. The molecule has 1 aliphatic rings. The van der Waals surface area contributed by atoms with E-state index in [0.717, 1.165) is 0 Å². The zero-order valence-corrected chi connectivity index (χ0v) is 11.5. The quantitative estimate of drug-likeness (QED) is 0.905. The first-order valence-corrected chi connectivity index (χ1v) is 7.53. The number of carbonyl (C=O) groups is 1. The molecule has 0 saturated heterocycles. The van der Waals surface area contributed by atoms with E-state index in [0.29, 0.717) is 10.0 Å². The lowest BCUT2D eigenvalue weighted by Crippen LogP contribution is -2.20. The Balaban J connectivity index is 2.62. The molecule has 1 aromatic carbocycles. The highest BCUT2D eigenvalue weighted by molar-refractivity contribution is 9.10. The summed E-state index contributed by atoms with van der Waals surface area (Å²) in [6.07, 6.45) is 0. The van der Waals surface area contributed by atoms with Gasteiger partial charge in [-0.15, -0.1) is 0 Å². The third-order valence-electron chi connectivity index (χ3n) is 3.11. The lowest BCUT2D eigenvalue weighted by molar-refractivity contribution is -0.141. The summed E-state index contributed by atoms with van der Waals surface area (Å²) in [6, 6.07) is 4.92. The van der Waals surface area contributed by atoms with Crippen LogP contribution in [0.4, 0.5) is 0 Å². The van der Waals surface area contributed by atoms with Gasteiger partial charge in [0.15, 0.2) is 9.84 Å². The Morgan fingerprint density at radius 1 is 1.53 bits per heavy atom. The minimum absolute atomic E-state index is 0.127. The van der Waals surface area contributed by atoms with Crippen LogP contribution in [0.15, 0.2) is 27.6 Å². The Bertz CT molecular complexity index is 579. The molecule has 2 unspecified atom stereocenters. The van der Waals surface area contributed by atoms with Gasteiger partial charge in [-0.3, -0.25) is 4.79 Å². The molecule has 2 atom stereocenters. The molecule has 0 spiro atoms. The summed E-state index contributed by atoms with van der Waals surface area (Å²) in [5.41, 5.74) is 0.599. The van der Waals surface area contributed by atoms with Gasteiger partial charge in [-0.25, -0.2) is 8.42 Å². The van der Waals surface area contributed by atoms with E-state index >= 15 is 0 Å². The fourth-order valence-corrected chi connectivity index (χ4v) is 4.91. The molecule has 1 N–H and O–H groups in total. The highest BCUT2D eigenvalue weighted by Crippen LogP contribution is 2.43. The van der Waals surface area contributed by atoms with E-state index in [1.165, 1.54) is 13.0 Å². The normalized spacial score (nSPS) is 23.1. The minimum atomic E-state index is -3.35. The van der Waals surface area contributed by atoms with Gasteiger partial charge in [0.1, 0.15) is 0 Å². The van der Waals surface area contributed by atoms with Crippen molar-refractivity contribution < 1.29 is 18.3 Å². The first kappa shape index (κ1) is 12.6. The van der Waals surface area contributed by atoms with Crippen LogP contribution in [0.1, 0.15) is 18.4 Å². The summed E-state index contributed by atoms with van der Waals surface area (Å²) in [4.78, 5) is 11.3. The second-order valence-electron chi connectivity index (χ2n) is 4.17. The summed E-state index contributed by atoms with van der Waals surface area (Å²) >= 11 is 3.30. The average molecular weight is 319 g/mol. The van der Waals surface area contributed by atoms with E-state index in [4.69, 9.17) is 5.11 Å². The van der Waals surface area contributed by atoms with E-state index in [1.54, 1.807) is 12.1 Å². The van der Waals surface area contributed by atoms with E-state index in [-0.39, 0.29) is 10.6 Å². The Morgan fingerprint density at radius 3 is 2.76 bits per heavy atom. The van der Waals surface area contributed by atoms with Gasteiger partial charge in [0.25, 0.3) is 0 Å². The van der Waals surface area contributed by atoms with Gasteiger partial charge in [-0.2, -0.15) is 0 Å². The molecule has 0 saturated carbocycles. The van der Waals surface area contributed by atoms with Crippen LogP contribution in [-0.2, 0) is 14.6 Å². The summed E-state index contributed by atoms with van der Waals surface area (Å²) < 4.78 is 24.5. The summed E-state index contributed by atoms with van der Waals surface area (Å²) in [6.45, 7) is 1.54. The van der Waals surface area contributed by atoms with Crippen LogP contribution in [0.2, 0.25) is 0 Å². The van der Waals surface area contributed by atoms with Gasteiger partial charge in [0, 0.05) is 10.4 Å². The summed E-state index contributed by atoms with van der Waals surface area (Å²) in [7, 11) is -3.35. The molecule has 17 heavy (non-hydrogen) atoms. The van der Waals surface area contributed by atoms with E-state index in [1.807, 2.05) is 0 Å². The SMILES string of the molecule is CC(C(=O)O)C1CS(=O)(=O)c2cccc(Br)c21. The molecule has 0 amide bonds. The number of sulfone groups is 1. The van der Waals surface area contributed by atoms with Crippen LogP contribution in [0.3, 0.4) is 0 Å². The zero-order valence-electron chi connectivity index (χ0n) is 9.05. The predicted octanol–water partition coefficient (Wildman–Crippen LogP) is 2.04. The molecule has 4 nitrogen and oxygen atoms in total. The summed E-state index contributed by atoms with van der Waals surface area (Å²) in [5.74, 6) is -2.31. The van der Waals surface area contributed by atoms with Crippen molar-refractivity contribution in [3.8, 4) is 0 Å². The summed E-state index contributed by atoms with van der Waals surface area (Å²) in [5, 5.41) is 9.02. The third kappa shape index (κ3) is 1.99. The Hall–Kier alpha value is -0.880. The van der Waals surface area contributed by atoms with Crippen LogP contribution in [-0.4, -0.2) is 25.2 Å². The van der Waals surface area contributed by atoms with E-state index in [9.17, 15) is 13.2 Å². The molecule has 0 aliphatic carbocycles. The molecule has 92 valence electrons. The van der Waals surface area contributed by atoms with Crippen LogP contribution >= 0.6 is 15.9 Å². The van der Waals surface area contributed by atoms with Gasteiger partial charge in [-0.05, 0) is 17.7 Å². The molecule has 1 aromatic rings. The molecule has 0 fully saturated rings. The van der Waals surface area contributed by atoms with Crippen molar-refractivity contribution >= 4 is 31.7 Å². The molecule has 6 heteroatoms. The smallest absolute Gasteiger partial charge is 0.306 e. The number of hydrogen-bond acceptors (Lipinski definition) is 3. The zero-order chi connectivity index (χ0) is 12.8. The number of fused-ring (bicyclic) bond motifs is 1. The molecule has 0 radical (unpaired) electrons. The maximum absolute atomic E-state index is 11.9. The van der Waals surface area contributed by atoms with Crippen molar-refractivity contribution in [2.75, 3.05) is 5.75 Å². The second-order valence-corrected chi connectivity index (χ2v) is 7.02. The molecule has 0 aromatic heterocycles. The van der Waals surface area contributed by atoms with Crippen molar-refractivity contribution in [3.63, 3.8) is 0 Å². The maximum Gasteiger partial charge on any atom is 0.306 e. The minimum Gasteiger partial charge on any atom is -0.481 e. The molecule has 1 heterocycles. The maximum atomic E-state index is 11.9. The van der Waals surface area contributed by atoms with E-state index < -0.39 is 27.6 Å². The fraction of sp³-hybridized carbons (Fsp3) is 0.364. The van der Waals surface area contributed by atoms with Gasteiger partial charge in [-0.1, -0.05) is 28.9 Å².